The van der Waals surface area contributed by atoms with Crippen molar-refractivity contribution < 1.29 is 9.59 Å². The maximum Gasteiger partial charge on any atom is 0.229 e. The van der Waals surface area contributed by atoms with Gasteiger partial charge in [0.05, 0.1) is 17.8 Å². The number of benzene rings is 1. The second kappa shape index (κ2) is 7.98. The van der Waals surface area contributed by atoms with E-state index in [9.17, 15) is 9.59 Å². The van der Waals surface area contributed by atoms with Gasteiger partial charge in [-0.3, -0.25) is 9.59 Å². The number of anilines is 2. The number of hydrogen-bond acceptors (Lipinski definition) is 4. The van der Waals surface area contributed by atoms with Crippen LogP contribution in [0.1, 0.15) is 17.5 Å². The van der Waals surface area contributed by atoms with E-state index in [0.717, 1.165) is 5.56 Å². The van der Waals surface area contributed by atoms with Crippen molar-refractivity contribution in [3.05, 3.63) is 53.7 Å². The molecule has 0 saturated carbocycles. The van der Waals surface area contributed by atoms with E-state index in [-0.39, 0.29) is 36.6 Å². The van der Waals surface area contributed by atoms with Crippen LogP contribution >= 0.6 is 12.4 Å². The number of aryl methyl sites for hydroxylation is 1. The number of carbonyl (C=O) groups excluding carboxylic acids is 2. The third kappa shape index (κ3) is 4.70. The molecule has 2 amide bonds. The van der Waals surface area contributed by atoms with Gasteiger partial charge in [0.1, 0.15) is 5.82 Å². The third-order valence-corrected chi connectivity index (χ3v) is 4.13. The zero-order chi connectivity index (χ0) is 17.1. The Hall–Kier alpha value is -2.60. The monoisotopic (exact) mass is 360 g/mol. The molecule has 0 spiro atoms. The summed E-state index contributed by atoms with van der Waals surface area (Å²) in [5, 5.41) is 2.79. The first-order valence-electron chi connectivity index (χ1n) is 7.87. The van der Waals surface area contributed by atoms with E-state index in [1.807, 2.05) is 31.2 Å². The largest absolute Gasteiger partial charge is 0.384 e. The fourth-order valence-corrected chi connectivity index (χ4v) is 2.74. The lowest BCUT2D eigenvalue weighted by Gasteiger charge is -2.17. The summed E-state index contributed by atoms with van der Waals surface area (Å²) in [5.41, 5.74) is 8.35. The summed E-state index contributed by atoms with van der Waals surface area (Å²) in [6.07, 6.45) is 1.74. The van der Waals surface area contributed by atoms with Crippen LogP contribution in [0.2, 0.25) is 0 Å². The fourth-order valence-electron chi connectivity index (χ4n) is 2.74. The molecular formula is C18H21ClN4O2. The van der Waals surface area contributed by atoms with E-state index in [1.165, 1.54) is 11.8 Å². The van der Waals surface area contributed by atoms with Crippen molar-refractivity contribution in [3.8, 4) is 0 Å². The zero-order valence-corrected chi connectivity index (χ0v) is 14.8. The Labute approximate surface area is 152 Å². The normalized spacial score (nSPS) is 16.4. The van der Waals surface area contributed by atoms with E-state index in [0.29, 0.717) is 24.6 Å². The number of pyridine rings is 1. The highest BCUT2D eigenvalue weighted by molar-refractivity contribution is 5.97. The van der Waals surface area contributed by atoms with Gasteiger partial charge in [0.15, 0.2) is 0 Å². The molecule has 1 atom stereocenters. The molecule has 1 aromatic carbocycles. The molecule has 6 nitrogen and oxygen atoms in total. The minimum Gasteiger partial charge on any atom is -0.384 e. The maximum absolute atomic E-state index is 12.3. The van der Waals surface area contributed by atoms with Crippen LogP contribution in [0.25, 0.3) is 0 Å². The van der Waals surface area contributed by atoms with Crippen LogP contribution in [0.4, 0.5) is 11.5 Å². The van der Waals surface area contributed by atoms with Crippen molar-refractivity contribution in [1.29, 1.82) is 0 Å². The fraction of sp³-hybridized carbons (Fsp3) is 0.278. The maximum atomic E-state index is 12.3. The van der Waals surface area contributed by atoms with Gasteiger partial charge < -0.3 is 16.0 Å². The minimum atomic E-state index is -0.347. The molecule has 1 unspecified atom stereocenters. The Balaban J connectivity index is 0.00000225. The molecule has 0 bridgehead atoms. The number of rotatable bonds is 4. The van der Waals surface area contributed by atoms with Crippen LogP contribution < -0.4 is 11.1 Å². The number of likely N-dealkylation sites (tertiary alicyclic amines) is 1. The van der Waals surface area contributed by atoms with Crippen molar-refractivity contribution in [3.63, 3.8) is 0 Å². The van der Waals surface area contributed by atoms with Gasteiger partial charge in [-0.25, -0.2) is 4.98 Å². The molecular weight excluding hydrogens is 340 g/mol. The number of carbonyl (C=O) groups is 2. The second-order valence-electron chi connectivity index (χ2n) is 6.12. The van der Waals surface area contributed by atoms with Gasteiger partial charge in [-0.2, -0.15) is 0 Å². The number of nitrogens with zero attached hydrogens (tertiary/aromatic N) is 2. The summed E-state index contributed by atoms with van der Waals surface area (Å²) in [6, 6.07) is 11.4. The predicted octanol–water partition coefficient (Wildman–Crippen LogP) is 2.38. The van der Waals surface area contributed by atoms with E-state index in [2.05, 4.69) is 10.3 Å². The van der Waals surface area contributed by atoms with E-state index in [1.54, 1.807) is 17.0 Å². The van der Waals surface area contributed by atoms with Crippen LogP contribution in [0.15, 0.2) is 42.6 Å². The number of nitrogen functional groups attached to an aromatic ring is 1. The highest BCUT2D eigenvalue weighted by Crippen LogP contribution is 2.22. The Morgan fingerprint density at radius 2 is 2.00 bits per heavy atom. The Morgan fingerprint density at radius 3 is 2.64 bits per heavy atom. The van der Waals surface area contributed by atoms with E-state index < -0.39 is 0 Å². The number of amides is 2. The smallest absolute Gasteiger partial charge is 0.229 e. The van der Waals surface area contributed by atoms with Gasteiger partial charge in [-0.05, 0) is 24.6 Å². The molecule has 3 N–H and O–H groups in total. The van der Waals surface area contributed by atoms with Crippen LogP contribution in [0.3, 0.4) is 0 Å². The average molecular weight is 361 g/mol. The van der Waals surface area contributed by atoms with Gasteiger partial charge >= 0.3 is 0 Å². The molecule has 1 fully saturated rings. The Morgan fingerprint density at radius 1 is 1.28 bits per heavy atom. The first-order chi connectivity index (χ1) is 11.5. The number of nitrogens with two attached hydrogens (primary N) is 1. The van der Waals surface area contributed by atoms with Gasteiger partial charge in [-0.15, -0.1) is 12.4 Å². The SMILES string of the molecule is Cc1ccc(CN2CC(C(=O)Nc3ccc(N)nc3)CC2=O)cc1.Cl. The minimum absolute atomic E-state index is 0. The summed E-state index contributed by atoms with van der Waals surface area (Å²) in [7, 11) is 0. The number of hydrogen-bond donors (Lipinski definition) is 2. The average Bonchev–Trinajstić information content (AvgIpc) is 2.93. The second-order valence-corrected chi connectivity index (χ2v) is 6.12. The molecule has 1 aromatic heterocycles. The molecule has 1 aliphatic rings. The van der Waals surface area contributed by atoms with Crippen LogP contribution in [0.5, 0.6) is 0 Å². The molecule has 0 radical (unpaired) electrons. The van der Waals surface area contributed by atoms with Crippen LogP contribution in [-0.4, -0.2) is 28.2 Å². The van der Waals surface area contributed by atoms with Crippen molar-refractivity contribution in [1.82, 2.24) is 9.88 Å². The molecule has 132 valence electrons. The molecule has 25 heavy (non-hydrogen) atoms. The lowest BCUT2D eigenvalue weighted by Crippen LogP contribution is -2.28. The van der Waals surface area contributed by atoms with Gasteiger partial charge in [0.2, 0.25) is 11.8 Å². The highest BCUT2D eigenvalue weighted by atomic mass is 35.5. The summed E-state index contributed by atoms with van der Waals surface area (Å²) in [4.78, 5) is 30.2. The quantitative estimate of drug-likeness (QED) is 0.876. The predicted molar refractivity (Wildman–Crippen MR) is 99.2 cm³/mol. The van der Waals surface area contributed by atoms with Gasteiger partial charge in [0.25, 0.3) is 0 Å². The van der Waals surface area contributed by atoms with Crippen molar-refractivity contribution in [2.24, 2.45) is 5.92 Å². The summed E-state index contributed by atoms with van der Waals surface area (Å²) < 4.78 is 0. The summed E-state index contributed by atoms with van der Waals surface area (Å²) in [5.74, 6) is -0.110. The highest BCUT2D eigenvalue weighted by Gasteiger charge is 2.34. The molecule has 2 aromatic rings. The number of aromatic nitrogens is 1. The van der Waals surface area contributed by atoms with Crippen LogP contribution in [-0.2, 0) is 16.1 Å². The molecule has 3 rings (SSSR count). The van der Waals surface area contributed by atoms with Gasteiger partial charge in [-0.1, -0.05) is 29.8 Å². The van der Waals surface area contributed by atoms with E-state index >= 15 is 0 Å². The topological polar surface area (TPSA) is 88.3 Å². The standard InChI is InChI=1S/C18H20N4O2.ClH/c1-12-2-4-13(5-3-12)10-22-11-14(8-17(22)23)18(24)21-15-6-7-16(19)20-9-15;/h2-7,9,14H,8,10-11H2,1H3,(H2,19,20)(H,21,24);1H. The molecule has 1 aliphatic heterocycles. The van der Waals surface area contributed by atoms with E-state index in [4.69, 9.17) is 5.73 Å². The van der Waals surface area contributed by atoms with Gasteiger partial charge in [0, 0.05) is 19.5 Å². The first-order valence-corrected chi connectivity index (χ1v) is 7.87. The molecule has 7 heteroatoms. The van der Waals surface area contributed by atoms with Crippen molar-refractivity contribution >= 4 is 35.7 Å². The third-order valence-electron chi connectivity index (χ3n) is 4.13. The first kappa shape index (κ1) is 18.7. The number of nitrogens with one attached hydrogen (secondary N) is 1. The Kier molecular flexibility index (Phi) is 5.98. The summed E-state index contributed by atoms with van der Waals surface area (Å²) in [6.45, 7) is 2.99. The van der Waals surface area contributed by atoms with Crippen molar-refractivity contribution in [2.45, 2.75) is 19.9 Å². The van der Waals surface area contributed by atoms with Crippen LogP contribution in [0, 0.1) is 12.8 Å². The summed E-state index contributed by atoms with van der Waals surface area (Å²) >= 11 is 0. The Bertz CT molecular complexity index is 747. The lowest BCUT2D eigenvalue weighted by atomic mass is 10.1. The lowest BCUT2D eigenvalue weighted by molar-refractivity contribution is -0.128. The zero-order valence-electron chi connectivity index (χ0n) is 13.9. The van der Waals surface area contributed by atoms with Crippen molar-refractivity contribution in [2.75, 3.05) is 17.6 Å². The molecule has 0 aliphatic carbocycles. The molecule has 1 saturated heterocycles. The molecule has 2 heterocycles. The number of halogens is 1.